The van der Waals surface area contributed by atoms with Crippen LogP contribution >= 0.6 is 11.6 Å². The Kier molecular flexibility index (Phi) is 9.83. The summed E-state index contributed by atoms with van der Waals surface area (Å²) in [5, 5.41) is 13.9. The fourth-order valence-electron chi connectivity index (χ4n) is 6.56. The van der Waals surface area contributed by atoms with Gasteiger partial charge in [-0.2, -0.15) is 0 Å². The first-order valence-electron chi connectivity index (χ1n) is 13.3. The average Bonchev–Trinajstić information content (AvgIpc) is 3.26. The lowest BCUT2D eigenvalue weighted by molar-refractivity contribution is -0.128. The monoisotopic (exact) mass is 502 g/mol. The second kappa shape index (κ2) is 12.6. The number of fused-ring (bicyclic) bond motifs is 1. The van der Waals surface area contributed by atoms with Crippen molar-refractivity contribution in [2.75, 3.05) is 45.9 Å². The van der Waals surface area contributed by atoms with E-state index in [1.807, 2.05) is 0 Å². The van der Waals surface area contributed by atoms with E-state index in [1.165, 1.54) is 0 Å². The maximum Gasteiger partial charge on any atom is 0.223 e. The minimum absolute atomic E-state index is 0.0584. The number of nitrogens with zero attached hydrogens (tertiary/aromatic N) is 1. The number of hydrogen-bond donors (Lipinski definition) is 5. The summed E-state index contributed by atoms with van der Waals surface area (Å²) in [5.74, 6) is 0.897. The lowest BCUT2D eigenvalue weighted by atomic mass is 9.77. The fraction of sp³-hybridized carbons (Fsp3) is 0.958. The van der Waals surface area contributed by atoms with Crippen LogP contribution in [0, 0.1) is 17.8 Å². The molecule has 0 spiro atoms. The Bertz CT molecular complexity index is 663. The highest BCUT2D eigenvalue weighted by atomic mass is 35.5. The molecule has 4 fully saturated rings. The van der Waals surface area contributed by atoms with Crippen LogP contribution in [-0.2, 0) is 9.53 Å². The minimum Gasteiger partial charge on any atom is -0.378 e. The van der Waals surface area contributed by atoms with Gasteiger partial charge in [0.15, 0.2) is 0 Å². The van der Waals surface area contributed by atoms with Crippen LogP contribution in [0.1, 0.15) is 45.4 Å². The van der Waals surface area contributed by atoms with Crippen LogP contribution in [0.2, 0.25) is 0 Å². The molecule has 2 aliphatic carbocycles. The van der Waals surface area contributed by atoms with Crippen molar-refractivity contribution < 1.29 is 13.9 Å². The van der Waals surface area contributed by atoms with Crippen molar-refractivity contribution in [3.63, 3.8) is 0 Å². The Morgan fingerprint density at radius 2 is 2.06 bits per heavy atom. The highest BCUT2D eigenvalue weighted by Crippen LogP contribution is 2.36. The summed E-state index contributed by atoms with van der Waals surface area (Å²) in [7, 11) is 0. The summed E-state index contributed by atoms with van der Waals surface area (Å²) in [6.45, 7) is 7.08. The van der Waals surface area contributed by atoms with Crippen molar-refractivity contribution >= 4 is 17.5 Å². The summed E-state index contributed by atoms with van der Waals surface area (Å²) in [4.78, 5) is 15.2. The molecule has 2 heterocycles. The first-order valence-corrected chi connectivity index (χ1v) is 13.7. The number of rotatable bonds is 9. The maximum atomic E-state index is 14.3. The van der Waals surface area contributed by atoms with Gasteiger partial charge in [0.1, 0.15) is 6.17 Å². The maximum absolute atomic E-state index is 14.3. The second-order valence-corrected chi connectivity index (χ2v) is 11.2. The fourth-order valence-corrected chi connectivity index (χ4v) is 6.79. The van der Waals surface area contributed by atoms with Gasteiger partial charge in [0.05, 0.1) is 30.9 Å². The van der Waals surface area contributed by atoms with Crippen LogP contribution in [-0.4, -0.2) is 92.7 Å². The molecule has 10 heteroatoms. The molecule has 0 radical (unpaired) electrons. The third-order valence-electron chi connectivity index (χ3n) is 8.38. The smallest absolute Gasteiger partial charge is 0.223 e. The number of carbonyl (C=O) groups is 1. The largest absolute Gasteiger partial charge is 0.378 e. The van der Waals surface area contributed by atoms with Crippen LogP contribution in [0.15, 0.2) is 0 Å². The first kappa shape index (κ1) is 26.5. The van der Waals surface area contributed by atoms with Crippen LogP contribution in [0.4, 0.5) is 4.39 Å². The number of nitrogens with one attached hydrogen (secondary N) is 4. The number of carbonyl (C=O) groups excluding carboxylic acids is 1. The van der Waals surface area contributed by atoms with E-state index in [4.69, 9.17) is 22.1 Å². The van der Waals surface area contributed by atoms with Gasteiger partial charge < -0.3 is 15.8 Å². The second-order valence-electron chi connectivity index (χ2n) is 10.6. The van der Waals surface area contributed by atoms with Gasteiger partial charge in [0, 0.05) is 50.7 Å². The van der Waals surface area contributed by atoms with Crippen molar-refractivity contribution in [1.82, 2.24) is 26.2 Å². The van der Waals surface area contributed by atoms with Crippen LogP contribution in [0.3, 0.4) is 0 Å². The molecule has 1 amide bonds. The van der Waals surface area contributed by atoms with Gasteiger partial charge >= 0.3 is 0 Å². The molecule has 34 heavy (non-hydrogen) atoms. The van der Waals surface area contributed by atoms with Crippen molar-refractivity contribution in [2.24, 2.45) is 23.5 Å². The standard InChI is InChI=1S/C24H44ClFN6O2/c1-15-12-17(3-4-18(15)24(33)29-8-11-34-10-6-27)31-22-23-30-14-21(32(23)9-7-28-22)16-2-5-19(25)20(26)13-16/h15-23,28,30-31H,2-14,27H2,1H3,(H,29,33). The molecule has 0 aromatic carbocycles. The lowest BCUT2D eigenvalue weighted by Crippen LogP contribution is -2.67. The topological polar surface area (TPSA) is 104 Å². The van der Waals surface area contributed by atoms with Crippen LogP contribution in [0.25, 0.3) is 0 Å². The highest BCUT2D eigenvalue weighted by Gasteiger charge is 2.46. The van der Waals surface area contributed by atoms with Crippen molar-refractivity contribution in [1.29, 1.82) is 0 Å². The van der Waals surface area contributed by atoms with Gasteiger partial charge in [-0.25, -0.2) is 4.39 Å². The number of ether oxygens (including phenoxy) is 1. The van der Waals surface area contributed by atoms with Gasteiger partial charge in [0.2, 0.25) is 5.91 Å². The molecule has 9 unspecified atom stereocenters. The van der Waals surface area contributed by atoms with Crippen molar-refractivity contribution in [2.45, 2.75) is 81.4 Å². The number of amides is 1. The molecule has 4 rings (SSSR count). The Balaban J connectivity index is 1.23. The number of alkyl halides is 2. The van der Waals surface area contributed by atoms with E-state index in [0.717, 1.165) is 51.7 Å². The van der Waals surface area contributed by atoms with Gasteiger partial charge in [-0.3, -0.25) is 25.6 Å². The first-order chi connectivity index (χ1) is 16.5. The van der Waals surface area contributed by atoms with Gasteiger partial charge in [0.25, 0.3) is 0 Å². The Morgan fingerprint density at radius 1 is 1.21 bits per heavy atom. The summed E-state index contributed by atoms with van der Waals surface area (Å²) < 4.78 is 19.6. The van der Waals surface area contributed by atoms with E-state index in [-0.39, 0.29) is 29.5 Å². The van der Waals surface area contributed by atoms with E-state index >= 15 is 0 Å². The van der Waals surface area contributed by atoms with E-state index in [0.29, 0.717) is 56.6 Å². The molecular formula is C24H44ClFN6O2. The van der Waals surface area contributed by atoms with Crippen LogP contribution in [0.5, 0.6) is 0 Å². The molecule has 0 aromatic heterocycles. The summed E-state index contributed by atoms with van der Waals surface area (Å²) in [5.41, 5.74) is 5.42. The highest BCUT2D eigenvalue weighted by molar-refractivity contribution is 6.21. The number of piperazine rings is 1. The summed E-state index contributed by atoms with van der Waals surface area (Å²) in [6.07, 6.45) is 4.73. The molecule has 2 aliphatic heterocycles. The molecule has 8 nitrogen and oxygen atoms in total. The molecule has 6 N–H and O–H groups in total. The Hall–Kier alpha value is -0.550. The van der Waals surface area contributed by atoms with Crippen LogP contribution < -0.4 is 27.0 Å². The van der Waals surface area contributed by atoms with E-state index in [2.05, 4.69) is 33.1 Å². The molecule has 4 aliphatic rings. The molecule has 2 saturated carbocycles. The zero-order valence-corrected chi connectivity index (χ0v) is 21.2. The third kappa shape index (κ3) is 6.41. The van der Waals surface area contributed by atoms with E-state index in [9.17, 15) is 9.18 Å². The average molecular weight is 503 g/mol. The predicted molar refractivity (Wildman–Crippen MR) is 132 cm³/mol. The van der Waals surface area contributed by atoms with Crippen molar-refractivity contribution in [3.8, 4) is 0 Å². The predicted octanol–water partition coefficient (Wildman–Crippen LogP) is 0.747. The van der Waals surface area contributed by atoms with Gasteiger partial charge in [-0.1, -0.05) is 6.92 Å². The zero-order valence-electron chi connectivity index (χ0n) is 20.5. The van der Waals surface area contributed by atoms with Crippen molar-refractivity contribution in [3.05, 3.63) is 0 Å². The molecule has 0 aromatic rings. The Morgan fingerprint density at radius 3 is 2.82 bits per heavy atom. The minimum atomic E-state index is -0.886. The van der Waals surface area contributed by atoms with E-state index < -0.39 is 6.17 Å². The van der Waals surface area contributed by atoms with E-state index in [1.54, 1.807) is 0 Å². The number of hydrogen-bond acceptors (Lipinski definition) is 7. The number of nitrogens with two attached hydrogens (primary N) is 1. The van der Waals surface area contributed by atoms with Gasteiger partial charge in [-0.15, -0.1) is 11.6 Å². The molecule has 9 atom stereocenters. The summed E-state index contributed by atoms with van der Waals surface area (Å²) >= 11 is 6.13. The SMILES string of the molecule is CC1CC(NC2NCCN3C(C4CCC(Cl)C(F)C4)CNC23)CCC1C(=O)NCCOCCN. The summed E-state index contributed by atoms with van der Waals surface area (Å²) in [6, 6.07) is 0.762. The zero-order chi connectivity index (χ0) is 24.1. The third-order valence-corrected chi connectivity index (χ3v) is 8.87. The molecule has 2 saturated heterocycles. The van der Waals surface area contributed by atoms with Gasteiger partial charge in [-0.05, 0) is 50.4 Å². The Labute approximate surface area is 208 Å². The molecule has 196 valence electrons. The molecule has 0 bridgehead atoms. The number of halogens is 2. The lowest BCUT2D eigenvalue weighted by Gasteiger charge is -2.45. The molecular weight excluding hydrogens is 459 g/mol. The normalized spacial score (nSPS) is 41.2. The quantitative estimate of drug-likeness (QED) is 0.234.